The summed E-state index contributed by atoms with van der Waals surface area (Å²) in [6, 6.07) is 0. The van der Waals surface area contributed by atoms with Crippen molar-refractivity contribution < 1.29 is 18.6 Å². The monoisotopic (exact) mass is 84.0 g/mol. The molecule has 0 aromatic rings. The second kappa shape index (κ2) is 9.22. The molecule has 0 aliphatic heterocycles. The summed E-state index contributed by atoms with van der Waals surface area (Å²) in [5.74, 6) is 0. The van der Waals surface area contributed by atoms with Gasteiger partial charge in [0.25, 0.3) is 0 Å². The predicted molar refractivity (Wildman–Crippen MR) is 17.3 cm³/mol. The Morgan fingerprint density at radius 1 is 1.25 bits per heavy atom. The van der Waals surface area contributed by atoms with E-state index in [1.54, 1.807) is 0 Å². The Balaban J connectivity index is 0. The van der Waals surface area contributed by atoms with Crippen LogP contribution < -0.4 is 0 Å². The van der Waals surface area contributed by atoms with Crippen LogP contribution in [0.4, 0.5) is 0 Å². The minimum atomic E-state index is 0. The van der Waals surface area contributed by atoms with Gasteiger partial charge in [0.2, 0.25) is 0 Å². The van der Waals surface area contributed by atoms with Gasteiger partial charge in [-0.15, -0.1) is 0 Å². The molecule has 0 saturated heterocycles. The molecule has 4 heavy (non-hydrogen) atoms. The van der Waals surface area contributed by atoms with E-state index in [0.717, 1.165) is 7.06 Å². The summed E-state index contributed by atoms with van der Waals surface area (Å²) in [6.07, 6.45) is 0. The van der Waals surface area contributed by atoms with Crippen LogP contribution in [0.15, 0.2) is 0 Å². The quantitative estimate of drug-likeness (QED) is 0.325. The van der Waals surface area contributed by atoms with Crippen LogP contribution >= 0.6 is 0 Å². The Bertz CT molecular complexity index is 3.25. The molecule has 0 amide bonds. The normalized spacial score (nSPS) is 3.00. The molecule has 0 fully saturated rings. The minimum absolute atomic E-state index is 0. The summed E-state index contributed by atoms with van der Waals surface area (Å²) >= 11 is 0. The molecule has 0 nitrogen and oxygen atoms in total. The first-order valence-corrected chi connectivity index (χ1v) is 0.667. The van der Waals surface area contributed by atoms with E-state index in [9.17, 15) is 0 Å². The van der Waals surface area contributed by atoms with Crippen LogP contribution in [0.3, 0.4) is 0 Å². The van der Waals surface area contributed by atoms with Crippen molar-refractivity contribution in [3.05, 3.63) is 0 Å². The van der Waals surface area contributed by atoms with Gasteiger partial charge >= 0.3 is 0 Å². The third-order valence-corrected chi connectivity index (χ3v) is 0. The fourth-order valence-electron chi connectivity index (χ4n) is 0. The predicted octanol–water partition coefficient (Wildman–Crippen LogP) is -1.14. The second-order valence-corrected chi connectivity index (χ2v) is 0.192. The van der Waals surface area contributed by atoms with Gasteiger partial charge in [-0.3, -0.25) is 0 Å². The van der Waals surface area contributed by atoms with Crippen LogP contribution in [0.25, 0.3) is 0 Å². The number of rotatable bonds is 0. The van der Waals surface area contributed by atoms with Gasteiger partial charge in [0.1, 0.15) is 0 Å². The summed E-state index contributed by atoms with van der Waals surface area (Å²) in [7, 11) is 10.0. The minimum Gasteiger partial charge on any atom is 0 e. The first-order chi connectivity index (χ1) is 1.41. The molecule has 0 aliphatic rings. The smallest absolute Gasteiger partial charge is 0 e. The molecule has 0 rings (SSSR count). The molecular weight excluding hydrogens is 83.4 g/mol. The number of hydrogen-bond donors (Lipinski definition) is 0. The summed E-state index contributed by atoms with van der Waals surface area (Å²) in [5.41, 5.74) is 0. The molecule has 0 aromatic carbocycles. The van der Waals surface area contributed by atoms with E-state index in [-0.39, 0.29) is 18.6 Å². The summed E-state index contributed by atoms with van der Waals surface area (Å²) in [6.45, 7) is 0. The third kappa shape index (κ3) is 14.5. The Hall–Kier alpha value is 0.779. The number of hydrogen-bond acceptors (Lipinski definition) is 0. The van der Waals surface area contributed by atoms with Gasteiger partial charge in [-0.25, -0.2) is 0 Å². The van der Waals surface area contributed by atoms with Gasteiger partial charge in [0.05, 0.1) is 0 Å². The maximum Gasteiger partial charge on any atom is 0 e. The molecule has 14 valence electrons. The SMILES string of the molecule is [B][B][B].[V]. The van der Waals surface area contributed by atoms with Crippen molar-refractivity contribution in [1.29, 1.82) is 0 Å². The van der Waals surface area contributed by atoms with Crippen molar-refractivity contribution in [3.63, 3.8) is 0 Å². The van der Waals surface area contributed by atoms with E-state index in [4.69, 9.17) is 0 Å². The molecule has 0 atom stereocenters. The van der Waals surface area contributed by atoms with Crippen molar-refractivity contribution in [2.75, 3.05) is 0 Å². The zero-order valence-corrected chi connectivity index (χ0v) is 3.58. The summed E-state index contributed by atoms with van der Waals surface area (Å²) in [4.78, 5) is 0. The summed E-state index contributed by atoms with van der Waals surface area (Å²) < 4.78 is 0. The Labute approximate surface area is 41.6 Å². The molecule has 0 aliphatic carbocycles. The van der Waals surface area contributed by atoms with Crippen LogP contribution in [0.1, 0.15) is 0 Å². The van der Waals surface area contributed by atoms with Gasteiger partial charge in [0, 0.05) is 41.1 Å². The first kappa shape index (κ1) is 8.84. The first-order valence-electron chi connectivity index (χ1n) is 0.667. The van der Waals surface area contributed by atoms with Crippen LogP contribution in [-0.2, 0) is 18.6 Å². The Morgan fingerprint density at radius 3 is 1.25 bits per heavy atom. The molecule has 0 spiro atoms. The van der Waals surface area contributed by atoms with Crippen LogP contribution in [0, 0.1) is 0 Å². The fraction of sp³-hybridized carbons (Fsp3) is 0. The van der Waals surface area contributed by atoms with Gasteiger partial charge in [-0.2, -0.15) is 0 Å². The van der Waals surface area contributed by atoms with Crippen molar-refractivity contribution >= 4 is 22.5 Å². The Morgan fingerprint density at radius 2 is 1.25 bits per heavy atom. The second-order valence-electron chi connectivity index (χ2n) is 0.192. The van der Waals surface area contributed by atoms with Crippen LogP contribution in [0.2, 0.25) is 0 Å². The molecule has 0 bridgehead atoms. The van der Waals surface area contributed by atoms with E-state index in [0.29, 0.717) is 0 Å². The topological polar surface area (TPSA) is 0 Å². The van der Waals surface area contributed by atoms with Gasteiger partial charge in [0.15, 0.2) is 0 Å². The van der Waals surface area contributed by atoms with Gasteiger partial charge in [-0.1, -0.05) is 0 Å². The van der Waals surface area contributed by atoms with Crippen molar-refractivity contribution in [1.82, 2.24) is 0 Å². The molecule has 6 radical (unpaired) electrons. The van der Waals surface area contributed by atoms with Gasteiger partial charge < -0.3 is 0 Å². The van der Waals surface area contributed by atoms with E-state index in [1.807, 2.05) is 0 Å². The van der Waals surface area contributed by atoms with Crippen LogP contribution in [-0.4, -0.2) is 22.5 Å². The average Bonchev–Trinajstić information content (AvgIpc) is 0.918. The Kier molecular flexibility index (Phi) is 20.4. The molecule has 0 unspecified atom stereocenters. The average molecular weight is 83.4 g/mol. The van der Waals surface area contributed by atoms with Crippen molar-refractivity contribution in [3.8, 4) is 0 Å². The fourth-order valence-corrected chi connectivity index (χ4v) is 0. The summed E-state index contributed by atoms with van der Waals surface area (Å²) in [5, 5.41) is 0. The van der Waals surface area contributed by atoms with E-state index in [2.05, 4.69) is 15.5 Å². The third-order valence-electron chi connectivity index (χ3n) is 0. The largest absolute Gasteiger partial charge is 0 e. The van der Waals surface area contributed by atoms with Crippen LogP contribution in [0.5, 0.6) is 0 Å². The molecular formula is B3V. The van der Waals surface area contributed by atoms with E-state index in [1.165, 1.54) is 0 Å². The molecule has 4 heteroatoms. The maximum absolute atomic E-state index is 4.50. The van der Waals surface area contributed by atoms with E-state index < -0.39 is 0 Å². The molecule has 0 N–H and O–H groups in total. The zero-order valence-electron chi connectivity index (χ0n) is 2.18. The molecule has 0 saturated carbocycles. The van der Waals surface area contributed by atoms with Gasteiger partial charge in [-0.05, 0) is 0 Å². The van der Waals surface area contributed by atoms with Crippen molar-refractivity contribution in [2.45, 2.75) is 0 Å². The molecule has 0 heterocycles. The maximum atomic E-state index is 4.50. The van der Waals surface area contributed by atoms with E-state index >= 15 is 0 Å². The zero-order chi connectivity index (χ0) is 2.71. The molecule has 0 aromatic heterocycles. The standard InChI is InChI=1S/B3.V/c1-3-2;. The van der Waals surface area contributed by atoms with Crippen molar-refractivity contribution in [2.24, 2.45) is 0 Å².